The van der Waals surface area contributed by atoms with Gasteiger partial charge in [0.05, 0.1) is 37.5 Å². The average molecular weight is 513 g/mol. The number of rotatable bonds is 11. The van der Waals surface area contributed by atoms with Crippen LogP contribution in [0.25, 0.3) is 0 Å². The maximum absolute atomic E-state index is 11.1. The van der Waals surface area contributed by atoms with Crippen LogP contribution in [0.4, 0.5) is 0 Å². The van der Waals surface area contributed by atoms with Crippen molar-refractivity contribution in [1.29, 1.82) is 0 Å². The zero-order valence-electron chi connectivity index (χ0n) is 20.7. The fraction of sp³-hybridized carbons (Fsp3) is 1.00. The van der Waals surface area contributed by atoms with E-state index in [0.29, 0.717) is 0 Å². The number of aliphatic hydroxyl groups is 6. The predicted octanol–water partition coefficient (Wildman–Crippen LogP) is -4.98. The monoisotopic (exact) mass is 512 g/mol. The summed E-state index contributed by atoms with van der Waals surface area (Å²) in [5.74, 6) is 0. The Morgan fingerprint density at radius 1 is 1.09 bits per heavy atom. The van der Waals surface area contributed by atoms with Crippen LogP contribution in [0.1, 0.15) is 27.2 Å². The first-order valence-corrected chi connectivity index (χ1v) is 11.8. The molecule has 2 rings (SSSR count). The van der Waals surface area contributed by atoms with Crippen LogP contribution >= 0.6 is 0 Å². The molecule has 2 fully saturated rings. The topological polar surface area (TPSA) is 248 Å². The van der Waals surface area contributed by atoms with Crippen molar-refractivity contribution in [3.8, 4) is 0 Å². The fourth-order valence-corrected chi connectivity index (χ4v) is 4.62. The van der Waals surface area contributed by atoms with Crippen LogP contribution in [-0.4, -0.2) is 136 Å². The third-order valence-electron chi connectivity index (χ3n) is 6.59. The zero-order chi connectivity index (χ0) is 26.7. The van der Waals surface area contributed by atoms with Crippen molar-refractivity contribution in [2.24, 2.45) is 17.2 Å². The first-order valence-electron chi connectivity index (χ1n) is 11.8. The second kappa shape index (κ2) is 12.8. The first-order chi connectivity index (χ1) is 16.2. The Morgan fingerprint density at radius 2 is 1.66 bits per heavy atom. The molecule has 1 saturated carbocycles. The number of ether oxygens (including phenoxy) is 4. The van der Waals surface area contributed by atoms with Crippen LogP contribution < -0.4 is 22.5 Å². The molecule has 0 spiro atoms. The van der Waals surface area contributed by atoms with E-state index in [9.17, 15) is 30.6 Å². The molecule has 14 nitrogen and oxygen atoms in total. The summed E-state index contributed by atoms with van der Waals surface area (Å²) in [7, 11) is 1.58. The standard InChI is InChI=1S/C21H44N4O10/c1-8(27)15(9(2)28)33-19(12(24)6-26)34-16-10(22)5-11(23)17(13(16)29)35-20-14(30)18(25-4)21(3,31)7-32-20/h8-20,25-31H,5-7,22-24H2,1-4H3/t8-,9?,10?,11+,12-,13?,14+,15?,16+,17+,18?,19+,20?,21-/m0/s1. The van der Waals surface area contributed by atoms with Gasteiger partial charge in [0.1, 0.15) is 36.1 Å². The van der Waals surface area contributed by atoms with E-state index in [1.54, 1.807) is 7.05 Å². The lowest BCUT2D eigenvalue weighted by atomic mass is 9.84. The molecule has 1 saturated heterocycles. The SMILES string of the molecule is CNC1[C@@H](O)C(O[C@H]2C(O)[C@H](O[C@@H](OC(C(C)O)[C@H](C)O)[C@@H](N)CO)C(N)C[C@H]2N)OC[C@]1(C)O. The normalized spacial score (nSPS) is 42.8. The second-order valence-electron chi connectivity index (χ2n) is 9.85. The summed E-state index contributed by atoms with van der Waals surface area (Å²) in [6.07, 6.45) is -10.6. The highest BCUT2D eigenvalue weighted by atomic mass is 16.7. The molecule has 1 aliphatic heterocycles. The van der Waals surface area contributed by atoms with Crippen LogP contribution in [0.3, 0.4) is 0 Å². The third-order valence-corrected chi connectivity index (χ3v) is 6.59. The van der Waals surface area contributed by atoms with Crippen molar-refractivity contribution in [3.63, 3.8) is 0 Å². The molecule has 1 aliphatic carbocycles. The Bertz CT molecular complexity index is 637. The van der Waals surface area contributed by atoms with Gasteiger partial charge >= 0.3 is 0 Å². The molecule has 0 radical (unpaired) electrons. The van der Waals surface area contributed by atoms with E-state index in [2.05, 4.69) is 5.32 Å². The molecule has 0 bridgehead atoms. The van der Waals surface area contributed by atoms with Gasteiger partial charge in [0.25, 0.3) is 0 Å². The first kappa shape index (κ1) is 30.7. The smallest absolute Gasteiger partial charge is 0.185 e. The van der Waals surface area contributed by atoms with Crippen LogP contribution in [0.2, 0.25) is 0 Å². The second-order valence-corrected chi connectivity index (χ2v) is 9.85. The molecule has 35 heavy (non-hydrogen) atoms. The Balaban J connectivity index is 2.19. The number of aliphatic hydroxyl groups excluding tert-OH is 5. The van der Waals surface area contributed by atoms with Gasteiger partial charge in [-0.05, 0) is 34.2 Å². The molecule has 13 N–H and O–H groups in total. The number of nitrogens with one attached hydrogen (secondary N) is 1. The highest BCUT2D eigenvalue weighted by Gasteiger charge is 2.50. The fourth-order valence-electron chi connectivity index (χ4n) is 4.62. The minimum atomic E-state index is -1.42. The molecule has 14 atom stereocenters. The van der Waals surface area contributed by atoms with E-state index in [1.165, 1.54) is 20.8 Å². The van der Waals surface area contributed by atoms with E-state index in [0.717, 1.165) is 0 Å². The number of nitrogens with two attached hydrogens (primary N) is 3. The van der Waals surface area contributed by atoms with Crippen LogP contribution in [0.5, 0.6) is 0 Å². The van der Waals surface area contributed by atoms with Gasteiger partial charge in [-0.1, -0.05) is 0 Å². The van der Waals surface area contributed by atoms with Crippen LogP contribution in [0.15, 0.2) is 0 Å². The molecular weight excluding hydrogens is 468 g/mol. The van der Waals surface area contributed by atoms with Crippen LogP contribution in [-0.2, 0) is 18.9 Å². The van der Waals surface area contributed by atoms with Crippen molar-refractivity contribution < 1.29 is 49.6 Å². The Labute approximate surface area is 205 Å². The predicted molar refractivity (Wildman–Crippen MR) is 123 cm³/mol. The van der Waals surface area contributed by atoms with Gasteiger partial charge in [0, 0.05) is 12.1 Å². The minimum absolute atomic E-state index is 0.140. The van der Waals surface area contributed by atoms with Gasteiger partial charge < -0.3 is 72.1 Å². The summed E-state index contributed by atoms with van der Waals surface area (Å²) in [6.45, 7) is 3.64. The van der Waals surface area contributed by atoms with Crippen molar-refractivity contribution in [2.45, 2.75) is 112 Å². The molecule has 0 amide bonds. The van der Waals surface area contributed by atoms with Gasteiger partial charge in [-0.2, -0.15) is 0 Å². The third kappa shape index (κ3) is 7.27. The van der Waals surface area contributed by atoms with Gasteiger partial charge in [0.15, 0.2) is 12.6 Å². The molecule has 1 heterocycles. The highest BCUT2D eigenvalue weighted by Crippen LogP contribution is 2.30. The number of hydrogen-bond donors (Lipinski definition) is 10. The summed E-state index contributed by atoms with van der Waals surface area (Å²) in [5, 5.41) is 64.5. The van der Waals surface area contributed by atoms with Crippen molar-refractivity contribution in [3.05, 3.63) is 0 Å². The van der Waals surface area contributed by atoms with Crippen molar-refractivity contribution in [2.75, 3.05) is 20.3 Å². The summed E-state index contributed by atoms with van der Waals surface area (Å²) in [5.41, 5.74) is 17.0. The largest absolute Gasteiger partial charge is 0.395 e. The lowest BCUT2D eigenvalue weighted by Crippen LogP contribution is -2.68. The Morgan fingerprint density at radius 3 is 2.17 bits per heavy atom. The van der Waals surface area contributed by atoms with E-state index in [1.807, 2.05) is 0 Å². The van der Waals surface area contributed by atoms with Crippen molar-refractivity contribution in [1.82, 2.24) is 5.32 Å². The van der Waals surface area contributed by atoms with E-state index >= 15 is 0 Å². The van der Waals surface area contributed by atoms with Gasteiger partial charge in [-0.3, -0.25) is 0 Å². The lowest BCUT2D eigenvalue weighted by molar-refractivity contribution is -0.307. The molecule has 0 aromatic carbocycles. The Hall–Kier alpha value is -0.560. The highest BCUT2D eigenvalue weighted by molar-refractivity contribution is 5.01. The summed E-state index contributed by atoms with van der Waals surface area (Å²) < 4.78 is 22.9. The Kier molecular flexibility index (Phi) is 11.2. The summed E-state index contributed by atoms with van der Waals surface area (Å²) in [6, 6.07) is -3.40. The maximum Gasteiger partial charge on any atom is 0.185 e. The van der Waals surface area contributed by atoms with E-state index in [4.69, 9.17) is 36.1 Å². The molecule has 0 aromatic heterocycles. The van der Waals surface area contributed by atoms with E-state index in [-0.39, 0.29) is 13.0 Å². The maximum atomic E-state index is 11.1. The molecule has 14 heteroatoms. The summed E-state index contributed by atoms with van der Waals surface area (Å²) in [4.78, 5) is 0. The van der Waals surface area contributed by atoms with E-state index < -0.39 is 91.7 Å². The quantitative estimate of drug-likeness (QED) is 0.116. The zero-order valence-corrected chi connectivity index (χ0v) is 20.7. The molecule has 208 valence electrons. The molecular formula is C21H44N4O10. The molecule has 2 aliphatic rings. The molecule has 0 aromatic rings. The van der Waals surface area contributed by atoms with Gasteiger partial charge in [-0.15, -0.1) is 0 Å². The number of likely N-dealkylation sites (N-methyl/N-ethyl adjacent to an activating group) is 1. The lowest BCUT2D eigenvalue weighted by Gasteiger charge is -2.48. The van der Waals surface area contributed by atoms with Gasteiger partial charge in [-0.25, -0.2) is 0 Å². The van der Waals surface area contributed by atoms with Gasteiger partial charge in [0.2, 0.25) is 0 Å². The average Bonchev–Trinajstić information content (AvgIpc) is 2.76. The number of hydrogen-bond acceptors (Lipinski definition) is 14. The van der Waals surface area contributed by atoms with Crippen molar-refractivity contribution >= 4 is 0 Å². The minimum Gasteiger partial charge on any atom is -0.395 e. The van der Waals surface area contributed by atoms with Crippen LogP contribution in [0, 0.1) is 0 Å². The molecule has 6 unspecified atom stereocenters. The summed E-state index contributed by atoms with van der Waals surface area (Å²) >= 11 is 0.